The molecule has 2 rings (SSSR count). The van der Waals surface area contributed by atoms with Crippen molar-refractivity contribution in [2.45, 2.75) is 13.2 Å². The molecule has 0 saturated carbocycles. The first-order valence-electron chi connectivity index (χ1n) is 5.87. The molecule has 19 heavy (non-hydrogen) atoms. The fourth-order valence-corrected chi connectivity index (χ4v) is 1.78. The molecular formula is C14H15N2O3+. The van der Waals surface area contributed by atoms with Crippen LogP contribution in [0.25, 0.3) is 0 Å². The number of nitroso groups, excluding NO2 is 1. The summed E-state index contributed by atoms with van der Waals surface area (Å²) in [6.07, 6.45) is 0. The topological polar surface area (TPSA) is 72.6 Å². The van der Waals surface area contributed by atoms with E-state index in [1.807, 2.05) is 0 Å². The zero-order valence-corrected chi connectivity index (χ0v) is 10.3. The van der Waals surface area contributed by atoms with Crippen LogP contribution in [0, 0.1) is 4.91 Å². The predicted molar refractivity (Wildman–Crippen MR) is 71.6 cm³/mol. The first-order chi connectivity index (χ1) is 9.26. The first kappa shape index (κ1) is 13.2. The summed E-state index contributed by atoms with van der Waals surface area (Å²) in [6, 6.07) is 13.8. The van der Waals surface area contributed by atoms with Gasteiger partial charge in [0.05, 0.1) is 23.7 Å². The number of para-hydroxylation sites is 2. The third kappa shape index (κ3) is 2.96. The lowest BCUT2D eigenvalue weighted by atomic mass is 10.2. The van der Waals surface area contributed by atoms with Gasteiger partial charge >= 0.3 is 0 Å². The van der Waals surface area contributed by atoms with Gasteiger partial charge in [0.15, 0.2) is 4.87 Å². The second kappa shape index (κ2) is 6.08. The molecule has 98 valence electrons. The van der Waals surface area contributed by atoms with Crippen molar-refractivity contribution in [2.24, 2.45) is 0 Å². The van der Waals surface area contributed by atoms with Gasteiger partial charge in [-0.25, -0.2) is 0 Å². The van der Waals surface area contributed by atoms with E-state index in [1.165, 1.54) is 0 Å². The van der Waals surface area contributed by atoms with E-state index >= 15 is 0 Å². The number of anilines is 1. The second-order valence-corrected chi connectivity index (χ2v) is 4.01. The van der Waals surface area contributed by atoms with Crippen molar-refractivity contribution in [1.29, 1.82) is 0 Å². The molecule has 0 aliphatic rings. The highest BCUT2D eigenvalue weighted by atomic mass is 16.3. The Labute approximate surface area is 110 Å². The van der Waals surface area contributed by atoms with Crippen LogP contribution in [0.3, 0.4) is 0 Å². The van der Waals surface area contributed by atoms with Crippen molar-refractivity contribution < 1.29 is 15.1 Å². The van der Waals surface area contributed by atoms with Crippen LogP contribution in [0.5, 0.6) is 0 Å². The molecule has 0 aliphatic carbocycles. The van der Waals surface area contributed by atoms with Crippen molar-refractivity contribution in [3.63, 3.8) is 0 Å². The molecule has 5 heteroatoms. The summed E-state index contributed by atoms with van der Waals surface area (Å²) in [4.78, 5) is 12.7. The molecule has 0 saturated heterocycles. The Hall–Kier alpha value is -2.24. The summed E-state index contributed by atoms with van der Waals surface area (Å²) in [5.41, 5.74) is 4.70. The Bertz CT molecular complexity index is 584. The van der Waals surface area contributed by atoms with E-state index in [2.05, 4.69) is 5.43 Å². The second-order valence-electron chi connectivity index (χ2n) is 4.01. The largest absolute Gasteiger partial charge is 0.392 e. The maximum atomic E-state index is 12.1. The minimum absolute atomic E-state index is 0.154. The van der Waals surface area contributed by atoms with Crippen LogP contribution >= 0.6 is 0 Å². The normalized spacial score (nSPS) is 10.2. The number of nitrogens with zero attached hydrogens (tertiary/aromatic N) is 1. The summed E-state index contributed by atoms with van der Waals surface area (Å²) in [6.45, 7) is -0.364. The van der Waals surface area contributed by atoms with E-state index in [9.17, 15) is 15.1 Å². The van der Waals surface area contributed by atoms with Gasteiger partial charge in [-0.1, -0.05) is 30.3 Å². The molecule has 2 aromatic carbocycles. The molecular weight excluding hydrogens is 244 g/mol. The zero-order valence-electron chi connectivity index (χ0n) is 10.3. The van der Waals surface area contributed by atoms with E-state index in [0.29, 0.717) is 27.4 Å². The Balaban J connectivity index is 2.26. The molecule has 5 nitrogen and oxygen atoms in total. The summed E-state index contributed by atoms with van der Waals surface area (Å²) in [7, 11) is 0. The molecule has 0 bridgehead atoms. The molecule has 0 fully saturated rings. The van der Waals surface area contributed by atoms with Gasteiger partial charge in [-0.3, -0.25) is 0 Å². The third-order valence-corrected chi connectivity index (χ3v) is 2.79. The number of rotatable bonds is 5. The van der Waals surface area contributed by atoms with Gasteiger partial charge in [-0.05, 0) is 12.1 Å². The molecule has 0 atom stereocenters. The minimum atomic E-state index is -0.210. The summed E-state index contributed by atoms with van der Waals surface area (Å²) in [5, 5.41) is 18.4. The molecule has 0 unspecified atom stereocenters. The van der Waals surface area contributed by atoms with E-state index < -0.39 is 0 Å². The highest BCUT2D eigenvalue weighted by Gasteiger charge is 2.19. The highest BCUT2D eigenvalue weighted by molar-refractivity contribution is 5.50. The Morgan fingerprint density at radius 3 is 2.16 bits per heavy atom. The van der Waals surface area contributed by atoms with Crippen molar-refractivity contribution in [3.8, 4) is 0 Å². The van der Waals surface area contributed by atoms with E-state index in [1.54, 1.807) is 48.5 Å². The van der Waals surface area contributed by atoms with Crippen LogP contribution in [0.2, 0.25) is 0 Å². The van der Waals surface area contributed by atoms with Gasteiger partial charge in [0.25, 0.3) is 5.69 Å². The number of nitrogens with one attached hydrogen (secondary N) is 1. The maximum absolute atomic E-state index is 12.1. The lowest BCUT2D eigenvalue weighted by Gasteiger charge is -2.04. The smallest absolute Gasteiger partial charge is 0.297 e. The summed E-state index contributed by atoms with van der Waals surface area (Å²) < 4.78 is 0. The Morgan fingerprint density at radius 1 is 0.895 bits per heavy atom. The minimum Gasteiger partial charge on any atom is -0.392 e. The number of hydrogen-bond acceptors (Lipinski definition) is 3. The van der Waals surface area contributed by atoms with Crippen LogP contribution in [0.15, 0.2) is 48.5 Å². The van der Waals surface area contributed by atoms with Crippen LogP contribution in [-0.2, 0) is 13.2 Å². The van der Waals surface area contributed by atoms with Gasteiger partial charge in [-0.2, -0.15) is 0 Å². The molecule has 0 aromatic heterocycles. The predicted octanol–water partition coefficient (Wildman–Crippen LogP) is 2.11. The quantitative estimate of drug-likeness (QED) is 0.568. The van der Waals surface area contributed by atoms with Crippen molar-refractivity contribution >= 4 is 11.4 Å². The number of hydrogen-bond donors (Lipinski definition) is 3. The average Bonchev–Trinajstić information content (AvgIpc) is 2.47. The number of aliphatic hydroxyl groups excluding tert-OH is 2. The van der Waals surface area contributed by atoms with Crippen LogP contribution < -0.4 is 5.43 Å². The average molecular weight is 259 g/mol. The summed E-state index contributed by atoms with van der Waals surface area (Å²) >= 11 is 0. The first-order valence-corrected chi connectivity index (χ1v) is 5.87. The van der Waals surface area contributed by atoms with Crippen LogP contribution in [-0.4, -0.2) is 15.1 Å². The summed E-state index contributed by atoms with van der Waals surface area (Å²) in [5.74, 6) is 0. The van der Waals surface area contributed by atoms with E-state index in [0.717, 1.165) is 0 Å². The van der Waals surface area contributed by atoms with Crippen molar-refractivity contribution in [3.05, 3.63) is 64.6 Å². The van der Waals surface area contributed by atoms with Crippen LogP contribution in [0.4, 0.5) is 11.4 Å². The molecule has 0 amide bonds. The van der Waals surface area contributed by atoms with Gasteiger partial charge in [0.2, 0.25) is 0 Å². The molecule has 0 aliphatic heterocycles. The third-order valence-electron chi connectivity index (χ3n) is 2.79. The fourth-order valence-electron chi connectivity index (χ4n) is 1.78. The molecule has 0 spiro atoms. The van der Waals surface area contributed by atoms with E-state index in [4.69, 9.17) is 0 Å². The number of hydrazine groups is 1. The fraction of sp³-hybridized carbons (Fsp3) is 0.143. The molecule has 0 radical (unpaired) electrons. The van der Waals surface area contributed by atoms with Crippen molar-refractivity contribution in [2.75, 3.05) is 5.43 Å². The monoisotopic (exact) mass is 259 g/mol. The lowest BCUT2D eigenvalue weighted by Crippen LogP contribution is -2.13. The zero-order chi connectivity index (χ0) is 13.7. The van der Waals surface area contributed by atoms with Gasteiger partial charge < -0.3 is 10.2 Å². The molecule has 2 aromatic rings. The van der Waals surface area contributed by atoms with Crippen molar-refractivity contribution in [1.82, 2.24) is 0 Å². The maximum Gasteiger partial charge on any atom is 0.297 e. The highest BCUT2D eigenvalue weighted by Crippen LogP contribution is 2.21. The van der Waals surface area contributed by atoms with E-state index in [-0.39, 0.29) is 13.2 Å². The van der Waals surface area contributed by atoms with Gasteiger partial charge in [0.1, 0.15) is 5.69 Å². The molecule has 3 N–H and O–H groups in total. The number of benzene rings is 2. The SMILES string of the molecule is O=[N+](Nc1ccccc1CO)c1ccccc1CO. The lowest BCUT2D eigenvalue weighted by molar-refractivity contribution is -0.428. The number of aliphatic hydroxyl groups is 2. The Morgan fingerprint density at radius 2 is 1.47 bits per heavy atom. The van der Waals surface area contributed by atoms with Gasteiger partial charge in [0, 0.05) is 11.6 Å². The standard InChI is InChI=1S/C14H15N2O3/c17-9-11-5-1-3-7-13(11)15-16(19)14-8-4-2-6-12(14)10-18/h1-8,17-18H,9-10H2,(H,15,19)/q+1. The van der Waals surface area contributed by atoms with Gasteiger partial charge in [-0.15, -0.1) is 5.43 Å². The van der Waals surface area contributed by atoms with Crippen LogP contribution in [0.1, 0.15) is 11.1 Å². The molecule has 0 heterocycles. The Kier molecular flexibility index (Phi) is 4.22.